The van der Waals surface area contributed by atoms with Gasteiger partial charge < -0.3 is 14.0 Å². The van der Waals surface area contributed by atoms with Gasteiger partial charge in [-0.15, -0.1) is 0 Å². The summed E-state index contributed by atoms with van der Waals surface area (Å²) in [6, 6.07) is 14.7. The van der Waals surface area contributed by atoms with Crippen LogP contribution in [-0.2, 0) is 19.7 Å². The second kappa shape index (κ2) is 12.6. The van der Waals surface area contributed by atoms with Crippen molar-refractivity contribution in [1.82, 2.24) is 0 Å². The van der Waals surface area contributed by atoms with Crippen LogP contribution in [0.15, 0.2) is 65.6 Å². The lowest BCUT2D eigenvalue weighted by Gasteiger charge is -2.14. The fourth-order valence-electron chi connectivity index (χ4n) is 2.75. The predicted molar refractivity (Wildman–Crippen MR) is 170 cm³/mol. The molecule has 182 valence electrons. The van der Waals surface area contributed by atoms with Crippen LogP contribution in [0.25, 0.3) is 5.57 Å². The Bertz CT molecular complexity index is 1410. The summed E-state index contributed by atoms with van der Waals surface area (Å²) in [5, 5.41) is 0. The summed E-state index contributed by atoms with van der Waals surface area (Å²) in [7, 11) is -4.70. The fraction of sp³-hybridized carbons (Fsp3) is 0. The van der Waals surface area contributed by atoms with Gasteiger partial charge in [0.25, 0.3) is 0 Å². The molecular weight excluding hydrogens is 1040 g/mol. The number of ether oxygens (including phenoxy) is 2. The lowest BCUT2D eigenvalue weighted by molar-refractivity contribution is -0.130. The molecule has 0 spiro atoms. The summed E-state index contributed by atoms with van der Waals surface area (Å²) in [5.74, 6) is -1.22. The molecule has 0 radical (unpaired) electrons. The van der Waals surface area contributed by atoms with Gasteiger partial charge in [0.05, 0.1) is 17.6 Å². The third kappa shape index (κ3) is 7.94. The van der Waals surface area contributed by atoms with Gasteiger partial charge in [0.1, 0.15) is 15.9 Å². The first-order valence-corrected chi connectivity index (χ1v) is 16.0. The molecule has 0 aromatic heterocycles. The highest BCUT2D eigenvalue weighted by molar-refractivity contribution is 14.1. The van der Waals surface area contributed by atoms with Crippen LogP contribution < -0.4 is 9.47 Å². The zero-order valence-electron chi connectivity index (χ0n) is 16.9. The van der Waals surface area contributed by atoms with Gasteiger partial charge in [0.2, 0.25) is 0 Å². The van der Waals surface area contributed by atoms with E-state index in [9.17, 15) is 22.6 Å². The van der Waals surface area contributed by atoms with Crippen LogP contribution in [0.5, 0.6) is 11.5 Å². The summed E-state index contributed by atoms with van der Waals surface area (Å²) in [6.07, 6.45) is 1.05. The Morgan fingerprint density at radius 2 is 1.34 bits per heavy atom. The molecule has 0 aliphatic rings. The molecule has 0 fully saturated rings. The maximum atomic E-state index is 13.1. The maximum Gasteiger partial charge on any atom is 0.344 e. The van der Waals surface area contributed by atoms with Gasteiger partial charge in [-0.2, -0.15) is 0 Å². The van der Waals surface area contributed by atoms with Crippen molar-refractivity contribution in [1.29, 1.82) is 0 Å². The third-order valence-electron chi connectivity index (χ3n) is 4.16. The van der Waals surface area contributed by atoms with Crippen molar-refractivity contribution in [2.75, 3.05) is 0 Å². The molecule has 0 aliphatic heterocycles. The molecule has 0 aliphatic carbocycles. The van der Waals surface area contributed by atoms with Crippen LogP contribution in [0.3, 0.4) is 0 Å². The molecule has 3 aromatic rings. The quantitative estimate of drug-likeness (QED) is 0.0951. The molecule has 0 N–H and O–H groups in total. The Kier molecular flexibility index (Phi) is 10.6. The zero-order valence-corrected chi connectivity index (χ0v) is 28.5. The van der Waals surface area contributed by atoms with E-state index in [1.165, 1.54) is 12.1 Å². The van der Waals surface area contributed by atoms with E-state index in [4.69, 9.17) is 9.47 Å². The summed E-state index contributed by atoms with van der Waals surface area (Å²) < 4.78 is 48.2. The number of esters is 2. The van der Waals surface area contributed by atoms with Gasteiger partial charge in [-0.05, 0) is 143 Å². The molecule has 0 amide bonds. The molecule has 0 bridgehead atoms. The SMILES string of the molecule is O=C(/C=C(\C(=O)Oc1cc(I)c(S(=O)(=O)[O-])c(I)c1)c1ccccc1)Oc1c(I)cc(I)cc1I. The fourth-order valence-corrected chi connectivity index (χ4v) is 10.5. The molecule has 3 rings (SSSR count). The largest absolute Gasteiger partial charge is 0.744 e. The van der Waals surface area contributed by atoms with E-state index in [0.29, 0.717) is 11.3 Å². The number of hydrogen-bond donors (Lipinski definition) is 0. The minimum atomic E-state index is -4.70. The zero-order chi connectivity index (χ0) is 25.9. The topological polar surface area (TPSA) is 110 Å². The minimum absolute atomic E-state index is 0.0214. The average molecular weight is 1050 g/mol. The first kappa shape index (κ1) is 29.5. The van der Waals surface area contributed by atoms with Gasteiger partial charge in [-0.1, -0.05) is 30.3 Å². The second-order valence-corrected chi connectivity index (χ2v) is 13.8. The summed E-state index contributed by atoms with van der Waals surface area (Å²) in [5.41, 5.74) is 0.362. The minimum Gasteiger partial charge on any atom is -0.744 e. The summed E-state index contributed by atoms with van der Waals surface area (Å²) in [6.45, 7) is 0. The van der Waals surface area contributed by atoms with Crippen LogP contribution in [0, 0.1) is 17.9 Å². The monoisotopic (exact) mass is 1050 g/mol. The van der Waals surface area contributed by atoms with E-state index in [-0.39, 0.29) is 23.4 Å². The van der Waals surface area contributed by atoms with Crippen molar-refractivity contribution < 1.29 is 32.0 Å². The molecule has 0 heterocycles. The number of rotatable bonds is 6. The van der Waals surface area contributed by atoms with Gasteiger partial charge in [-0.3, -0.25) is 0 Å². The van der Waals surface area contributed by atoms with Gasteiger partial charge >= 0.3 is 11.9 Å². The maximum absolute atomic E-state index is 13.1. The average Bonchev–Trinajstić information content (AvgIpc) is 2.73. The van der Waals surface area contributed by atoms with E-state index in [2.05, 4.69) is 67.8 Å². The number of carbonyl (C=O) groups excluding carboxylic acids is 2. The first-order chi connectivity index (χ1) is 16.4. The Hall–Kier alpha value is -0.1000. The van der Waals surface area contributed by atoms with Gasteiger partial charge in [-0.25, -0.2) is 18.0 Å². The smallest absolute Gasteiger partial charge is 0.344 e. The second-order valence-electron chi connectivity index (χ2n) is 6.60. The van der Waals surface area contributed by atoms with Crippen LogP contribution in [0.2, 0.25) is 0 Å². The lowest BCUT2D eigenvalue weighted by Crippen LogP contribution is -2.15. The molecule has 7 nitrogen and oxygen atoms in total. The van der Waals surface area contributed by atoms with Gasteiger partial charge in [0, 0.05) is 16.8 Å². The van der Waals surface area contributed by atoms with E-state index in [0.717, 1.165) is 16.8 Å². The van der Waals surface area contributed by atoms with Crippen LogP contribution >= 0.6 is 113 Å². The number of carbonyl (C=O) groups is 2. The van der Waals surface area contributed by atoms with E-state index in [1.807, 2.05) is 12.1 Å². The van der Waals surface area contributed by atoms with Crippen molar-refractivity contribution >= 4 is 141 Å². The Morgan fingerprint density at radius 3 is 1.86 bits per heavy atom. The van der Waals surface area contributed by atoms with Crippen molar-refractivity contribution in [3.8, 4) is 11.5 Å². The van der Waals surface area contributed by atoms with Crippen molar-refractivity contribution in [3.05, 3.63) is 84.1 Å². The van der Waals surface area contributed by atoms with Crippen LogP contribution in [0.4, 0.5) is 0 Å². The third-order valence-corrected chi connectivity index (χ3v) is 9.76. The normalized spacial score (nSPS) is 11.8. The highest BCUT2D eigenvalue weighted by atomic mass is 127. The van der Waals surface area contributed by atoms with E-state index in [1.54, 1.807) is 75.5 Å². The van der Waals surface area contributed by atoms with E-state index >= 15 is 0 Å². The van der Waals surface area contributed by atoms with E-state index < -0.39 is 22.1 Å². The molecule has 0 saturated carbocycles. The summed E-state index contributed by atoms with van der Waals surface area (Å²) in [4.78, 5) is 25.5. The van der Waals surface area contributed by atoms with Crippen molar-refractivity contribution in [3.63, 3.8) is 0 Å². The molecule has 0 atom stereocenters. The molecule has 0 unspecified atom stereocenters. The van der Waals surface area contributed by atoms with Crippen molar-refractivity contribution in [2.24, 2.45) is 0 Å². The molecular formula is C22H10I5O7S-. The molecule has 3 aromatic carbocycles. The summed E-state index contributed by atoms with van der Waals surface area (Å²) >= 11 is 9.67. The molecule has 35 heavy (non-hydrogen) atoms. The number of benzene rings is 3. The van der Waals surface area contributed by atoms with Gasteiger partial charge in [0.15, 0.2) is 5.75 Å². The highest BCUT2D eigenvalue weighted by Gasteiger charge is 2.21. The predicted octanol–water partition coefficient (Wildman–Crippen LogP) is 6.21. The standard InChI is InChI=1S/C22H11I5O7S/c23-12-6-15(24)20(16(25)7-12)34-19(28)10-14(11-4-2-1-3-5-11)22(29)33-13-8-17(26)21(18(27)9-13)35(30,31)32/h1-10H,(H,30,31,32)/p-1/b14-10-. The molecule has 13 heteroatoms. The Morgan fingerprint density at radius 1 is 0.800 bits per heavy atom. The van der Waals surface area contributed by atoms with Crippen LogP contribution in [0.1, 0.15) is 5.56 Å². The number of halogens is 5. The Labute approximate surface area is 269 Å². The molecule has 0 saturated heterocycles. The number of hydrogen-bond acceptors (Lipinski definition) is 7. The Balaban J connectivity index is 1.96. The highest BCUT2D eigenvalue weighted by Crippen LogP contribution is 2.31. The lowest BCUT2D eigenvalue weighted by atomic mass is 10.1. The first-order valence-electron chi connectivity index (χ1n) is 9.17. The van der Waals surface area contributed by atoms with Crippen LogP contribution in [-0.4, -0.2) is 24.9 Å². The van der Waals surface area contributed by atoms with Crippen molar-refractivity contribution in [2.45, 2.75) is 4.90 Å².